The lowest BCUT2D eigenvalue weighted by Gasteiger charge is -2.45. The molecule has 1 unspecified atom stereocenters. The van der Waals surface area contributed by atoms with Crippen LogP contribution in [0.5, 0.6) is 0 Å². The van der Waals surface area contributed by atoms with Gasteiger partial charge < -0.3 is 14.7 Å². The molecule has 138 valence electrons. The number of amides is 1. The van der Waals surface area contributed by atoms with E-state index in [1.54, 1.807) is 23.1 Å². The molecule has 1 aliphatic rings. The SMILES string of the molecule is CC[C@@H](CO)N1C(=O)COC(c2cccc(Cl)c2)[C@H]1c1ccc(Cl)cc1. The summed E-state index contributed by atoms with van der Waals surface area (Å²) < 4.78 is 5.93. The summed E-state index contributed by atoms with van der Waals surface area (Å²) in [6, 6.07) is 14.2. The third kappa shape index (κ3) is 3.89. The predicted molar refractivity (Wildman–Crippen MR) is 102 cm³/mol. The van der Waals surface area contributed by atoms with Crippen LogP contribution in [-0.4, -0.2) is 35.2 Å². The van der Waals surface area contributed by atoms with E-state index < -0.39 is 0 Å². The van der Waals surface area contributed by atoms with Gasteiger partial charge in [-0.05, 0) is 41.8 Å². The van der Waals surface area contributed by atoms with Crippen LogP contribution in [0.4, 0.5) is 0 Å². The monoisotopic (exact) mass is 393 g/mol. The molecule has 1 N–H and O–H groups in total. The summed E-state index contributed by atoms with van der Waals surface area (Å²) in [6.45, 7) is 1.82. The zero-order valence-corrected chi connectivity index (χ0v) is 16.0. The van der Waals surface area contributed by atoms with E-state index in [2.05, 4.69) is 0 Å². The molecular weight excluding hydrogens is 373 g/mol. The highest BCUT2D eigenvalue weighted by Crippen LogP contribution is 2.42. The summed E-state index contributed by atoms with van der Waals surface area (Å²) in [7, 11) is 0. The molecule has 0 radical (unpaired) electrons. The van der Waals surface area contributed by atoms with E-state index in [0.29, 0.717) is 16.5 Å². The van der Waals surface area contributed by atoms with Gasteiger partial charge in [-0.3, -0.25) is 4.79 Å². The highest BCUT2D eigenvalue weighted by atomic mass is 35.5. The lowest BCUT2D eigenvalue weighted by molar-refractivity contribution is -0.165. The van der Waals surface area contributed by atoms with E-state index in [4.69, 9.17) is 27.9 Å². The molecule has 1 amide bonds. The second-order valence-corrected chi connectivity index (χ2v) is 7.20. The first-order valence-corrected chi connectivity index (χ1v) is 9.35. The van der Waals surface area contributed by atoms with Gasteiger partial charge in [0.1, 0.15) is 12.7 Å². The van der Waals surface area contributed by atoms with Crippen molar-refractivity contribution < 1.29 is 14.6 Å². The quantitative estimate of drug-likeness (QED) is 0.818. The number of carbonyl (C=O) groups excluding carboxylic acids is 1. The number of rotatable bonds is 5. The van der Waals surface area contributed by atoms with Crippen molar-refractivity contribution in [1.29, 1.82) is 0 Å². The molecule has 4 nitrogen and oxygen atoms in total. The van der Waals surface area contributed by atoms with Gasteiger partial charge in [-0.2, -0.15) is 0 Å². The third-order valence-electron chi connectivity index (χ3n) is 4.72. The van der Waals surface area contributed by atoms with E-state index in [0.717, 1.165) is 11.1 Å². The molecule has 0 bridgehead atoms. The predicted octanol–water partition coefficient (Wildman–Crippen LogP) is 4.41. The first kappa shape index (κ1) is 19.2. The number of hydrogen-bond acceptors (Lipinski definition) is 3. The van der Waals surface area contributed by atoms with Gasteiger partial charge in [-0.25, -0.2) is 0 Å². The molecule has 2 aromatic carbocycles. The van der Waals surface area contributed by atoms with Crippen LogP contribution in [0.15, 0.2) is 48.5 Å². The van der Waals surface area contributed by atoms with Gasteiger partial charge in [0, 0.05) is 10.0 Å². The molecule has 1 aliphatic heterocycles. The van der Waals surface area contributed by atoms with Crippen LogP contribution < -0.4 is 0 Å². The third-order valence-corrected chi connectivity index (χ3v) is 5.21. The highest BCUT2D eigenvalue weighted by molar-refractivity contribution is 6.30. The molecule has 1 fully saturated rings. The van der Waals surface area contributed by atoms with Crippen molar-refractivity contribution in [1.82, 2.24) is 4.90 Å². The van der Waals surface area contributed by atoms with Gasteiger partial charge in [0.05, 0.1) is 18.7 Å². The Labute approximate surface area is 163 Å². The summed E-state index contributed by atoms with van der Waals surface area (Å²) in [5, 5.41) is 11.1. The van der Waals surface area contributed by atoms with Crippen LogP contribution in [0.25, 0.3) is 0 Å². The molecule has 0 saturated carbocycles. The molecule has 0 aromatic heterocycles. The molecular formula is C20H21Cl2NO3. The molecule has 26 heavy (non-hydrogen) atoms. The Kier molecular flexibility index (Phi) is 6.20. The van der Waals surface area contributed by atoms with E-state index in [9.17, 15) is 9.90 Å². The van der Waals surface area contributed by atoms with E-state index in [-0.39, 0.29) is 37.3 Å². The van der Waals surface area contributed by atoms with Crippen LogP contribution in [0.3, 0.4) is 0 Å². The Morgan fingerprint density at radius 3 is 2.50 bits per heavy atom. The van der Waals surface area contributed by atoms with Crippen LogP contribution in [0.2, 0.25) is 10.0 Å². The second-order valence-electron chi connectivity index (χ2n) is 6.33. The average molecular weight is 394 g/mol. The Hall–Kier alpha value is -1.59. The lowest BCUT2D eigenvalue weighted by Crippen LogP contribution is -2.51. The van der Waals surface area contributed by atoms with E-state index in [1.165, 1.54) is 0 Å². The van der Waals surface area contributed by atoms with Gasteiger partial charge in [0.25, 0.3) is 0 Å². The lowest BCUT2D eigenvalue weighted by atomic mass is 9.91. The largest absolute Gasteiger partial charge is 0.394 e. The summed E-state index contributed by atoms with van der Waals surface area (Å²) in [5.74, 6) is -0.135. The minimum absolute atomic E-state index is 0.0300. The fourth-order valence-electron chi connectivity index (χ4n) is 3.43. The molecule has 3 rings (SSSR count). The van der Waals surface area contributed by atoms with Gasteiger partial charge in [0.15, 0.2) is 0 Å². The van der Waals surface area contributed by atoms with Gasteiger partial charge in [-0.1, -0.05) is 54.4 Å². The summed E-state index contributed by atoms with van der Waals surface area (Å²) >= 11 is 12.2. The smallest absolute Gasteiger partial charge is 0.249 e. The van der Waals surface area contributed by atoms with Gasteiger partial charge >= 0.3 is 0 Å². The number of carbonyl (C=O) groups is 1. The first-order valence-electron chi connectivity index (χ1n) is 8.59. The fraction of sp³-hybridized carbons (Fsp3) is 0.350. The maximum absolute atomic E-state index is 12.7. The molecule has 1 saturated heterocycles. The molecule has 3 atom stereocenters. The number of benzene rings is 2. The number of aliphatic hydroxyl groups is 1. The minimum atomic E-state index is -0.381. The summed E-state index contributed by atoms with van der Waals surface area (Å²) in [5.41, 5.74) is 1.79. The zero-order chi connectivity index (χ0) is 18.7. The molecule has 0 aliphatic carbocycles. The number of ether oxygens (including phenoxy) is 1. The molecule has 1 heterocycles. The Balaban J connectivity index is 2.09. The summed E-state index contributed by atoms with van der Waals surface area (Å²) in [6.07, 6.45) is 0.266. The highest BCUT2D eigenvalue weighted by Gasteiger charge is 2.41. The van der Waals surface area contributed by atoms with Gasteiger partial charge in [-0.15, -0.1) is 0 Å². The molecule has 2 aromatic rings. The number of halogens is 2. The van der Waals surface area contributed by atoms with E-state index in [1.807, 2.05) is 37.3 Å². The first-order chi connectivity index (χ1) is 12.5. The van der Waals surface area contributed by atoms with Crippen LogP contribution in [0, 0.1) is 0 Å². The number of aliphatic hydroxyl groups excluding tert-OH is 1. The molecule has 6 heteroatoms. The van der Waals surface area contributed by atoms with E-state index >= 15 is 0 Å². The maximum atomic E-state index is 12.7. The normalized spacial score (nSPS) is 21.7. The second kappa shape index (κ2) is 8.40. The van der Waals surface area contributed by atoms with Crippen molar-refractivity contribution in [3.8, 4) is 0 Å². The number of nitrogens with zero attached hydrogens (tertiary/aromatic N) is 1. The van der Waals surface area contributed by atoms with Gasteiger partial charge in [0.2, 0.25) is 5.91 Å². The van der Waals surface area contributed by atoms with Crippen molar-refractivity contribution in [2.75, 3.05) is 13.2 Å². The minimum Gasteiger partial charge on any atom is -0.394 e. The summed E-state index contributed by atoms with van der Waals surface area (Å²) in [4.78, 5) is 14.4. The van der Waals surface area contributed by atoms with Crippen LogP contribution in [0.1, 0.15) is 36.6 Å². The molecule has 0 spiro atoms. The van der Waals surface area contributed by atoms with Crippen molar-refractivity contribution in [2.45, 2.75) is 31.5 Å². The van der Waals surface area contributed by atoms with Crippen molar-refractivity contribution in [2.24, 2.45) is 0 Å². The Morgan fingerprint density at radius 1 is 1.15 bits per heavy atom. The van der Waals surface area contributed by atoms with Crippen molar-refractivity contribution in [3.05, 3.63) is 69.7 Å². The maximum Gasteiger partial charge on any atom is 0.249 e. The Morgan fingerprint density at radius 2 is 1.88 bits per heavy atom. The van der Waals surface area contributed by atoms with Crippen LogP contribution >= 0.6 is 23.2 Å². The van der Waals surface area contributed by atoms with Crippen LogP contribution in [-0.2, 0) is 9.53 Å². The van der Waals surface area contributed by atoms with Crippen molar-refractivity contribution in [3.63, 3.8) is 0 Å². The van der Waals surface area contributed by atoms with Crippen molar-refractivity contribution >= 4 is 29.1 Å². The topological polar surface area (TPSA) is 49.8 Å². The fourth-order valence-corrected chi connectivity index (χ4v) is 3.75. The Bertz CT molecular complexity index is 762. The zero-order valence-electron chi connectivity index (χ0n) is 14.4. The standard InChI is InChI=1S/C20H21Cl2NO3/c1-2-17(11-24)23-18(25)12-26-20(14-4-3-5-16(22)10-14)19(23)13-6-8-15(21)9-7-13/h3-10,17,19-20,24H,2,11-12H2,1H3/t17-,19+,20?/m0/s1. The number of morpholine rings is 1. The average Bonchev–Trinajstić information content (AvgIpc) is 2.64. The number of hydrogen-bond donors (Lipinski definition) is 1.